The maximum atomic E-state index is 12.3. The van der Waals surface area contributed by atoms with Gasteiger partial charge in [0.15, 0.2) is 0 Å². The summed E-state index contributed by atoms with van der Waals surface area (Å²) >= 11 is 1.50. The van der Waals surface area contributed by atoms with Crippen LogP contribution in [0.1, 0.15) is 21.8 Å². The van der Waals surface area contributed by atoms with Crippen molar-refractivity contribution in [2.75, 3.05) is 5.32 Å². The minimum Gasteiger partial charge on any atom is -0.421 e. The summed E-state index contributed by atoms with van der Waals surface area (Å²) in [6, 6.07) is 15.7. The molecule has 2 aromatic carbocycles. The largest absolute Gasteiger partial charge is 0.421 e. The summed E-state index contributed by atoms with van der Waals surface area (Å²) in [4.78, 5) is 12.3. The van der Waals surface area contributed by atoms with Crippen molar-refractivity contribution in [1.82, 2.24) is 10.2 Å². The zero-order chi connectivity index (χ0) is 18.8. The molecule has 27 heavy (non-hydrogen) atoms. The molecule has 0 radical (unpaired) electrons. The Bertz CT molecular complexity index is 1080. The van der Waals surface area contributed by atoms with Gasteiger partial charge in [-0.3, -0.25) is 4.79 Å². The Balaban J connectivity index is 1.60. The molecule has 134 valence electrons. The molecule has 0 aliphatic carbocycles. The molecule has 0 unspecified atom stereocenters. The number of hydrogen-bond acceptors (Lipinski definition) is 5. The van der Waals surface area contributed by atoms with Crippen LogP contribution in [0.25, 0.3) is 22.6 Å². The molecular weight excluding hydrogens is 358 g/mol. The van der Waals surface area contributed by atoms with Crippen LogP contribution in [0.15, 0.2) is 63.7 Å². The van der Waals surface area contributed by atoms with Crippen molar-refractivity contribution in [2.24, 2.45) is 0 Å². The molecule has 6 heteroatoms. The number of anilines is 1. The summed E-state index contributed by atoms with van der Waals surface area (Å²) in [6.07, 6.45) is 0. The maximum Gasteiger partial charge on any atom is 0.256 e. The zero-order valence-electron chi connectivity index (χ0n) is 14.9. The molecule has 2 aromatic heterocycles. The van der Waals surface area contributed by atoms with E-state index >= 15 is 0 Å². The molecule has 0 bridgehead atoms. The van der Waals surface area contributed by atoms with Gasteiger partial charge in [0.2, 0.25) is 11.8 Å². The van der Waals surface area contributed by atoms with E-state index in [0.29, 0.717) is 17.3 Å². The van der Waals surface area contributed by atoms with Crippen molar-refractivity contribution in [2.45, 2.75) is 13.8 Å². The van der Waals surface area contributed by atoms with Gasteiger partial charge >= 0.3 is 0 Å². The molecule has 5 nitrogen and oxygen atoms in total. The van der Waals surface area contributed by atoms with E-state index in [1.54, 1.807) is 6.92 Å². The Hall–Kier alpha value is -3.25. The molecule has 4 rings (SSSR count). The molecule has 1 N–H and O–H groups in total. The predicted octanol–water partition coefficient (Wildman–Crippen LogP) is 5.33. The van der Waals surface area contributed by atoms with Gasteiger partial charge in [0, 0.05) is 23.6 Å². The number of nitrogens with zero attached hydrogens (tertiary/aromatic N) is 2. The summed E-state index contributed by atoms with van der Waals surface area (Å²) in [5, 5.41) is 14.6. The molecule has 0 fully saturated rings. The number of nitrogens with one attached hydrogen (secondary N) is 1. The summed E-state index contributed by atoms with van der Waals surface area (Å²) < 4.78 is 5.47. The highest BCUT2D eigenvalue weighted by molar-refractivity contribution is 7.08. The smallest absolute Gasteiger partial charge is 0.256 e. The van der Waals surface area contributed by atoms with Gasteiger partial charge in [-0.05, 0) is 59.3 Å². The topological polar surface area (TPSA) is 68.0 Å². The third kappa shape index (κ3) is 3.66. The van der Waals surface area contributed by atoms with Gasteiger partial charge in [0.1, 0.15) is 0 Å². The zero-order valence-corrected chi connectivity index (χ0v) is 15.7. The van der Waals surface area contributed by atoms with Gasteiger partial charge in [0.25, 0.3) is 5.91 Å². The SMILES string of the molecule is Cc1nnc(-c2ccc(-c3cc(NC(=O)c4ccsc4)ccc3C)cc2)o1. The van der Waals surface area contributed by atoms with Gasteiger partial charge in [0.05, 0.1) is 5.56 Å². The highest BCUT2D eigenvalue weighted by Crippen LogP contribution is 2.29. The Kier molecular flexibility index (Phi) is 4.56. The van der Waals surface area contributed by atoms with Crippen molar-refractivity contribution in [3.63, 3.8) is 0 Å². The van der Waals surface area contributed by atoms with E-state index in [2.05, 4.69) is 22.4 Å². The second-order valence-electron chi connectivity index (χ2n) is 6.20. The minimum atomic E-state index is -0.104. The van der Waals surface area contributed by atoms with E-state index in [4.69, 9.17) is 4.42 Å². The molecule has 0 saturated carbocycles. The summed E-state index contributed by atoms with van der Waals surface area (Å²) in [6.45, 7) is 3.82. The van der Waals surface area contributed by atoms with E-state index in [-0.39, 0.29) is 5.91 Å². The molecule has 4 aromatic rings. The van der Waals surface area contributed by atoms with Gasteiger partial charge in [-0.1, -0.05) is 18.2 Å². The average molecular weight is 375 g/mol. The Morgan fingerprint density at radius 2 is 1.78 bits per heavy atom. The third-order valence-corrected chi connectivity index (χ3v) is 4.93. The lowest BCUT2D eigenvalue weighted by Crippen LogP contribution is -2.10. The molecular formula is C21H17N3O2S. The van der Waals surface area contributed by atoms with Crippen LogP contribution in [0, 0.1) is 13.8 Å². The lowest BCUT2D eigenvalue weighted by atomic mass is 9.98. The van der Waals surface area contributed by atoms with E-state index < -0.39 is 0 Å². The highest BCUT2D eigenvalue weighted by Gasteiger charge is 2.10. The van der Waals surface area contributed by atoms with Gasteiger partial charge in [-0.15, -0.1) is 10.2 Å². The van der Waals surface area contributed by atoms with Crippen LogP contribution in [-0.2, 0) is 0 Å². The summed E-state index contributed by atoms with van der Waals surface area (Å²) in [5.41, 5.74) is 5.55. The normalized spacial score (nSPS) is 10.7. The Labute approximate surface area is 160 Å². The van der Waals surface area contributed by atoms with Crippen LogP contribution in [-0.4, -0.2) is 16.1 Å². The minimum absolute atomic E-state index is 0.104. The van der Waals surface area contributed by atoms with Crippen LogP contribution < -0.4 is 5.32 Å². The van der Waals surface area contributed by atoms with E-state index in [1.165, 1.54) is 11.3 Å². The van der Waals surface area contributed by atoms with Crippen molar-refractivity contribution >= 4 is 22.9 Å². The molecule has 0 saturated heterocycles. The summed E-state index contributed by atoms with van der Waals surface area (Å²) in [7, 11) is 0. The fourth-order valence-electron chi connectivity index (χ4n) is 2.81. The second kappa shape index (κ2) is 7.17. The van der Waals surface area contributed by atoms with Crippen molar-refractivity contribution in [1.29, 1.82) is 0 Å². The molecule has 0 aliphatic rings. The number of aromatic nitrogens is 2. The van der Waals surface area contributed by atoms with Crippen LogP contribution in [0.3, 0.4) is 0 Å². The number of amides is 1. The van der Waals surface area contributed by atoms with E-state index in [1.807, 2.05) is 59.3 Å². The molecule has 2 heterocycles. The van der Waals surface area contributed by atoms with Crippen molar-refractivity contribution in [3.05, 3.63) is 76.3 Å². The van der Waals surface area contributed by atoms with Crippen LogP contribution in [0.2, 0.25) is 0 Å². The van der Waals surface area contributed by atoms with Crippen LogP contribution >= 0.6 is 11.3 Å². The van der Waals surface area contributed by atoms with E-state index in [0.717, 1.165) is 27.9 Å². The van der Waals surface area contributed by atoms with E-state index in [9.17, 15) is 4.79 Å². The number of benzene rings is 2. The second-order valence-corrected chi connectivity index (χ2v) is 6.98. The first kappa shape index (κ1) is 17.2. The number of thiophene rings is 1. The number of carbonyl (C=O) groups excluding carboxylic acids is 1. The first-order chi connectivity index (χ1) is 13.1. The Morgan fingerprint density at radius 1 is 1.00 bits per heavy atom. The number of carbonyl (C=O) groups is 1. The monoisotopic (exact) mass is 375 g/mol. The van der Waals surface area contributed by atoms with Crippen LogP contribution in [0.4, 0.5) is 5.69 Å². The van der Waals surface area contributed by atoms with Crippen molar-refractivity contribution < 1.29 is 9.21 Å². The summed E-state index contributed by atoms with van der Waals surface area (Å²) in [5.74, 6) is 0.944. The van der Waals surface area contributed by atoms with Gasteiger partial charge < -0.3 is 9.73 Å². The molecule has 0 aliphatic heterocycles. The Morgan fingerprint density at radius 3 is 2.44 bits per heavy atom. The van der Waals surface area contributed by atoms with Crippen LogP contribution in [0.5, 0.6) is 0 Å². The lowest BCUT2D eigenvalue weighted by molar-refractivity contribution is 0.102. The molecule has 1 amide bonds. The number of hydrogen-bond donors (Lipinski definition) is 1. The average Bonchev–Trinajstić information content (AvgIpc) is 3.35. The molecule has 0 spiro atoms. The first-order valence-corrected chi connectivity index (χ1v) is 9.39. The first-order valence-electron chi connectivity index (χ1n) is 8.45. The van der Waals surface area contributed by atoms with Gasteiger partial charge in [-0.2, -0.15) is 11.3 Å². The highest BCUT2D eigenvalue weighted by atomic mass is 32.1. The fraction of sp³-hybridized carbons (Fsp3) is 0.0952. The molecule has 0 atom stereocenters. The number of rotatable bonds is 4. The van der Waals surface area contributed by atoms with Crippen molar-refractivity contribution in [3.8, 4) is 22.6 Å². The maximum absolute atomic E-state index is 12.3. The predicted molar refractivity (Wildman–Crippen MR) is 107 cm³/mol. The third-order valence-electron chi connectivity index (χ3n) is 4.25. The standard InChI is InChI=1S/C21H17N3O2S/c1-13-3-8-18(22-20(25)17-9-10-27-12-17)11-19(13)15-4-6-16(7-5-15)21-24-23-14(2)26-21/h3-12H,1-2H3,(H,22,25). The lowest BCUT2D eigenvalue weighted by Gasteiger charge is -2.11. The number of aryl methyl sites for hydroxylation is 2. The van der Waals surface area contributed by atoms with Gasteiger partial charge in [-0.25, -0.2) is 0 Å². The quantitative estimate of drug-likeness (QED) is 0.523. The fourth-order valence-corrected chi connectivity index (χ4v) is 3.45.